The van der Waals surface area contributed by atoms with Gasteiger partial charge in [0.2, 0.25) is 0 Å². The van der Waals surface area contributed by atoms with Gasteiger partial charge in [-0.3, -0.25) is 4.79 Å². The number of carboxylic acid groups (broad SMARTS) is 1. The third kappa shape index (κ3) is 4.62. The Balaban J connectivity index is 2.15. The van der Waals surface area contributed by atoms with E-state index >= 15 is 0 Å². The Morgan fingerprint density at radius 2 is 2.33 bits per heavy atom. The smallest absolute Gasteiger partial charge is 0.307 e. The lowest BCUT2D eigenvalue weighted by Gasteiger charge is -2.30. The highest BCUT2D eigenvalue weighted by atomic mass is 16.5. The van der Waals surface area contributed by atoms with Gasteiger partial charge in [0.1, 0.15) is 0 Å². The Kier molecular flexibility index (Phi) is 5.65. The SMILES string of the molecule is CCCOCCN1CCCC(C(=O)O)C1. The molecule has 15 heavy (non-hydrogen) atoms. The summed E-state index contributed by atoms with van der Waals surface area (Å²) in [5.74, 6) is -0.834. The molecule has 0 bridgehead atoms. The van der Waals surface area contributed by atoms with Crippen molar-refractivity contribution < 1.29 is 14.6 Å². The number of carbonyl (C=O) groups is 1. The number of carboxylic acids is 1. The fraction of sp³-hybridized carbons (Fsp3) is 0.909. The minimum atomic E-state index is -0.658. The molecule has 0 aromatic heterocycles. The normalized spacial score (nSPS) is 22.9. The number of likely N-dealkylation sites (tertiary alicyclic amines) is 1. The van der Waals surface area contributed by atoms with E-state index in [1.807, 2.05) is 0 Å². The molecule has 1 heterocycles. The Bertz CT molecular complexity index is 196. The van der Waals surface area contributed by atoms with Crippen LogP contribution < -0.4 is 0 Å². The van der Waals surface area contributed by atoms with Gasteiger partial charge in [0.25, 0.3) is 0 Å². The van der Waals surface area contributed by atoms with Crippen LogP contribution in [-0.2, 0) is 9.53 Å². The van der Waals surface area contributed by atoms with E-state index in [-0.39, 0.29) is 5.92 Å². The van der Waals surface area contributed by atoms with Crippen molar-refractivity contribution in [3.05, 3.63) is 0 Å². The second kappa shape index (κ2) is 6.80. The van der Waals surface area contributed by atoms with E-state index in [0.29, 0.717) is 6.54 Å². The van der Waals surface area contributed by atoms with Crippen LogP contribution in [-0.4, -0.2) is 48.8 Å². The highest BCUT2D eigenvalue weighted by molar-refractivity contribution is 5.70. The molecule has 0 radical (unpaired) electrons. The van der Waals surface area contributed by atoms with Gasteiger partial charge in [0.15, 0.2) is 0 Å². The first-order chi connectivity index (χ1) is 7.24. The second-order valence-electron chi connectivity index (χ2n) is 4.09. The number of hydrogen-bond acceptors (Lipinski definition) is 3. The summed E-state index contributed by atoms with van der Waals surface area (Å²) in [6, 6.07) is 0. The number of hydrogen-bond donors (Lipinski definition) is 1. The van der Waals surface area contributed by atoms with Gasteiger partial charge in [-0.25, -0.2) is 0 Å². The average Bonchev–Trinajstić information content (AvgIpc) is 2.25. The molecule has 1 atom stereocenters. The van der Waals surface area contributed by atoms with Crippen LogP contribution in [0.3, 0.4) is 0 Å². The van der Waals surface area contributed by atoms with Gasteiger partial charge >= 0.3 is 5.97 Å². The molecular formula is C11H21NO3. The van der Waals surface area contributed by atoms with Gasteiger partial charge in [-0.1, -0.05) is 6.92 Å². The molecule has 1 unspecified atom stereocenters. The Labute approximate surface area is 91.2 Å². The van der Waals surface area contributed by atoms with E-state index in [1.54, 1.807) is 0 Å². The molecule has 1 saturated heterocycles. The highest BCUT2D eigenvalue weighted by Crippen LogP contribution is 2.15. The van der Waals surface area contributed by atoms with E-state index in [0.717, 1.165) is 45.6 Å². The molecule has 0 saturated carbocycles. The van der Waals surface area contributed by atoms with E-state index in [2.05, 4.69) is 11.8 Å². The molecule has 1 aliphatic rings. The Morgan fingerprint density at radius 3 is 3.00 bits per heavy atom. The molecule has 88 valence electrons. The van der Waals surface area contributed by atoms with Crippen LogP contribution in [0.2, 0.25) is 0 Å². The lowest BCUT2D eigenvalue weighted by molar-refractivity contribution is -0.143. The van der Waals surface area contributed by atoms with Crippen molar-refractivity contribution in [2.45, 2.75) is 26.2 Å². The summed E-state index contributed by atoms with van der Waals surface area (Å²) in [7, 11) is 0. The van der Waals surface area contributed by atoms with Gasteiger partial charge in [-0.05, 0) is 25.8 Å². The summed E-state index contributed by atoms with van der Waals surface area (Å²) in [6.45, 7) is 6.17. The zero-order chi connectivity index (χ0) is 11.1. The number of rotatable bonds is 6. The maximum absolute atomic E-state index is 10.8. The molecule has 0 aromatic rings. The van der Waals surface area contributed by atoms with Gasteiger partial charge in [-0.15, -0.1) is 0 Å². The second-order valence-corrected chi connectivity index (χ2v) is 4.09. The zero-order valence-corrected chi connectivity index (χ0v) is 9.45. The van der Waals surface area contributed by atoms with Crippen molar-refractivity contribution in [1.82, 2.24) is 4.90 Å². The first kappa shape index (κ1) is 12.5. The number of piperidine rings is 1. The predicted molar refractivity (Wildman–Crippen MR) is 57.9 cm³/mol. The molecule has 1 aliphatic heterocycles. The maximum atomic E-state index is 10.8. The first-order valence-electron chi connectivity index (χ1n) is 5.77. The predicted octanol–water partition coefficient (Wildman–Crippen LogP) is 1.21. The van der Waals surface area contributed by atoms with Crippen LogP contribution in [0.25, 0.3) is 0 Å². The van der Waals surface area contributed by atoms with E-state index in [1.165, 1.54) is 0 Å². The molecule has 0 aromatic carbocycles. The molecular weight excluding hydrogens is 194 g/mol. The topological polar surface area (TPSA) is 49.8 Å². The summed E-state index contributed by atoms with van der Waals surface area (Å²) in [5.41, 5.74) is 0. The van der Waals surface area contributed by atoms with Crippen LogP contribution in [0.15, 0.2) is 0 Å². The molecule has 1 N–H and O–H groups in total. The first-order valence-corrected chi connectivity index (χ1v) is 5.77. The molecule has 0 aliphatic carbocycles. The molecule has 0 spiro atoms. The Morgan fingerprint density at radius 1 is 1.53 bits per heavy atom. The standard InChI is InChI=1S/C11H21NO3/c1-2-7-15-8-6-12-5-3-4-10(9-12)11(13)14/h10H,2-9H2,1H3,(H,13,14). The lowest BCUT2D eigenvalue weighted by Crippen LogP contribution is -2.40. The van der Waals surface area contributed by atoms with Crippen molar-refractivity contribution >= 4 is 5.97 Å². The third-order valence-electron chi connectivity index (χ3n) is 2.76. The van der Waals surface area contributed by atoms with Gasteiger partial charge in [0.05, 0.1) is 12.5 Å². The third-order valence-corrected chi connectivity index (χ3v) is 2.76. The number of aliphatic carboxylic acids is 1. The fourth-order valence-corrected chi connectivity index (χ4v) is 1.90. The summed E-state index contributed by atoms with van der Waals surface area (Å²) in [4.78, 5) is 13.0. The Hall–Kier alpha value is -0.610. The van der Waals surface area contributed by atoms with Crippen LogP contribution >= 0.6 is 0 Å². The summed E-state index contributed by atoms with van der Waals surface area (Å²) in [5, 5.41) is 8.91. The molecule has 4 nitrogen and oxygen atoms in total. The average molecular weight is 215 g/mol. The van der Waals surface area contributed by atoms with Crippen molar-refractivity contribution in [3.63, 3.8) is 0 Å². The fourth-order valence-electron chi connectivity index (χ4n) is 1.90. The molecule has 0 amide bonds. The van der Waals surface area contributed by atoms with E-state index in [9.17, 15) is 4.79 Å². The number of ether oxygens (including phenoxy) is 1. The summed E-state index contributed by atoms with van der Waals surface area (Å²) >= 11 is 0. The van der Waals surface area contributed by atoms with Gasteiger partial charge in [-0.2, -0.15) is 0 Å². The highest BCUT2D eigenvalue weighted by Gasteiger charge is 2.24. The van der Waals surface area contributed by atoms with Crippen LogP contribution in [0, 0.1) is 5.92 Å². The lowest BCUT2D eigenvalue weighted by atomic mass is 9.98. The molecule has 1 rings (SSSR count). The molecule has 1 fully saturated rings. The maximum Gasteiger partial charge on any atom is 0.307 e. The van der Waals surface area contributed by atoms with Crippen LogP contribution in [0.4, 0.5) is 0 Å². The minimum absolute atomic E-state index is 0.176. The van der Waals surface area contributed by atoms with E-state index < -0.39 is 5.97 Å². The zero-order valence-electron chi connectivity index (χ0n) is 9.45. The quantitative estimate of drug-likeness (QED) is 0.677. The van der Waals surface area contributed by atoms with Gasteiger partial charge in [0, 0.05) is 19.7 Å². The van der Waals surface area contributed by atoms with Crippen molar-refractivity contribution in [2.75, 3.05) is 32.8 Å². The van der Waals surface area contributed by atoms with Crippen molar-refractivity contribution in [3.8, 4) is 0 Å². The van der Waals surface area contributed by atoms with Crippen LogP contribution in [0.5, 0.6) is 0 Å². The van der Waals surface area contributed by atoms with Crippen LogP contribution in [0.1, 0.15) is 26.2 Å². The number of nitrogens with zero attached hydrogens (tertiary/aromatic N) is 1. The summed E-state index contributed by atoms with van der Waals surface area (Å²) < 4.78 is 5.39. The van der Waals surface area contributed by atoms with E-state index in [4.69, 9.17) is 9.84 Å². The van der Waals surface area contributed by atoms with Crippen molar-refractivity contribution in [2.24, 2.45) is 5.92 Å². The minimum Gasteiger partial charge on any atom is -0.481 e. The monoisotopic (exact) mass is 215 g/mol. The van der Waals surface area contributed by atoms with Crippen molar-refractivity contribution in [1.29, 1.82) is 0 Å². The summed E-state index contributed by atoms with van der Waals surface area (Å²) in [6.07, 6.45) is 2.85. The largest absolute Gasteiger partial charge is 0.481 e. The molecule has 4 heteroatoms. The van der Waals surface area contributed by atoms with Gasteiger partial charge < -0.3 is 14.7 Å².